The van der Waals surface area contributed by atoms with Crippen LogP contribution in [0.25, 0.3) is 0 Å². The van der Waals surface area contributed by atoms with E-state index < -0.39 is 29.2 Å². The molecule has 0 aromatic heterocycles. The van der Waals surface area contributed by atoms with Gasteiger partial charge in [-0.3, -0.25) is 4.79 Å². The molecule has 2 aliphatic heterocycles. The van der Waals surface area contributed by atoms with Gasteiger partial charge in [-0.15, -0.1) is 0 Å². The summed E-state index contributed by atoms with van der Waals surface area (Å²) in [6.45, 7) is 0.977. The maximum absolute atomic E-state index is 13.6. The molecule has 2 saturated heterocycles. The average Bonchev–Trinajstić information content (AvgIpc) is 3.67. The number of alkyl carbamates (subject to hydrolysis) is 1. The largest absolute Gasteiger partial charge is 0.446 e. The van der Waals surface area contributed by atoms with Crippen molar-refractivity contribution in [3.63, 3.8) is 0 Å². The lowest BCUT2D eigenvalue weighted by Gasteiger charge is -2.31. The number of nitrogens with two attached hydrogens (primary N) is 1. The van der Waals surface area contributed by atoms with Crippen molar-refractivity contribution in [1.82, 2.24) is 14.9 Å². The van der Waals surface area contributed by atoms with Crippen molar-refractivity contribution < 1.29 is 28.4 Å². The number of hydrogen-bond acceptors (Lipinski definition) is 7. The molecule has 5 N–H and O–H groups in total. The lowest BCUT2D eigenvalue weighted by atomic mass is 10.0. The molecule has 40 heavy (non-hydrogen) atoms. The predicted octanol–water partition coefficient (Wildman–Crippen LogP) is 2.14. The third kappa shape index (κ3) is 7.20. The molecule has 2 heterocycles. The van der Waals surface area contributed by atoms with Crippen LogP contribution in [0.4, 0.5) is 10.5 Å². The van der Waals surface area contributed by atoms with Gasteiger partial charge in [0.2, 0.25) is 5.91 Å². The molecule has 0 bridgehead atoms. The van der Waals surface area contributed by atoms with Crippen molar-refractivity contribution in [3.8, 4) is 0 Å². The number of rotatable bonds is 11. The zero-order valence-corrected chi connectivity index (χ0v) is 23.3. The van der Waals surface area contributed by atoms with E-state index in [2.05, 4.69) is 10.6 Å². The molecule has 5 rings (SSSR count). The fourth-order valence-electron chi connectivity index (χ4n) is 5.89. The Balaban J connectivity index is 1.30. The number of carbonyl (C=O) groups is 2. The summed E-state index contributed by atoms with van der Waals surface area (Å²) in [6, 6.07) is 15.4. The van der Waals surface area contributed by atoms with Gasteiger partial charge >= 0.3 is 6.09 Å². The molecule has 2 amide bonds. The second-order valence-corrected chi connectivity index (χ2v) is 12.3. The van der Waals surface area contributed by atoms with E-state index in [0.29, 0.717) is 36.5 Å². The number of anilines is 1. The second-order valence-electron chi connectivity index (χ2n) is 10.9. The topological polar surface area (TPSA) is 143 Å². The van der Waals surface area contributed by atoms with E-state index >= 15 is 0 Å². The van der Waals surface area contributed by atoms with Gasteiger partial charge in [0.1, 0.15) is 17.1 Å². The van der Waals surface area contributed by atoms with Crippen LogP contribution >= 0.6 is 0 Å². The van der Waals surface area contributed by atoms with E-state index in [0.717, 1.165) is 24.8 Å². The Morgan fingerprint density at radius 2 is 1.93 bits per heavy atom. The number of nitrogens with zero attached hydrogens (tertiary/aromatic N) is 1. The molecule has 2 unspecified atom stereocenters. The Hall–Kier alpha value is -2.99. The van der Waals surface area contributed by atoms with Gasteiger partial charge in [0.05, 0.1) is 23.1 Å². The summed E-state index contributed by atoms with van der Waals surface area (Å²) < 4.78 is 26.9. The zero-order valence-electron chi connectivity index (χ0n) is 22.4. The minimum atomic E-state index is -1.63. The summed E-state index contributed by atoms with van der Waals surface area (Å²) in [4.78, 5) is 25.4. The van der Waals surface area contributed by atoms with Crippen LogP contribution in [0.2, 0.25) is 0 Å². The molecule has 0 radical (unpaired) electrons. The van der Waals surface area contributed by atoms with E-state index in [1.807, 2.05) is 30.3 Å². The van der Waals surface area contributed by atoms with E-state index in [4.69, 9.17) is 15.2 Å². The number of carbonyl (C=O) groups excluding carboxylic acids is 2. The number of aliphatic hydroxyl groups is 1. The van der Waals surface area contributed by atoms with Crippen LogP contribution in [0.1, 0.15) is 37.7 Å². The van der Waals surface area contributed by atoms with Crippen molar-refractivity contribution in [1.29, 1.82) is 0 Å². The third-order valence-corrected chi connectivity index (χ3v) is 9.46. The monoisotopic (exact) mass is 570 g/mol. The Kier molecular flexibility index (Phi) is 9.36. The highest BCUT2D eigenvalue weighted by Crippen LogP contribution is 2.37. The molecule has 7 atom stereocenters. The highest BCUT2D eigenvalue weighted by atomic mass is 32.2. The fourth-order valence-corrected chi connectivity index (χ4v) is 7.16. The summed E-state index contributed by atoms with van der Waals surface area (Å²) in [5.41, 5.74) is 7.31. The number of fused-ring (bicyclic) bond motifs is 1. The lowest BCUT2D eigenvalue weighted by Crippen LogP contribution is -2.52. The Morgan fingerprint density at radius 1 is 1.15 bits per heavy atom. The molecule has 1 saturated carbocycles. The highest BCUT2D eigenvalue weighted by Gasteiger charge is 2.42. The van der Waals surface area contributed by atoms with Crippen LogP contribution in [0.3, 0.4) is 0 Å². The quantitative estimate of drug-likeness (QED) is 0.303. The fraction of sp³-hybridized carbons (Fsp3) is 0.517. The summed E-state index contributed by atoms with van der Waals surface area (Å²) in [5, 5.41) is 17.3. The first-order chi connectivity index (χ1) is 19.4. The molecule has 2 aromatic rings. The van der Waals surface area contributed by atoms with Crippen molar-refractivity contribution >= 4 is 28.7 Å². The number of nitrogens with one attached hydrogen (secondary N) is 2. The maximum atomic E-state index is 13.6. The standard InChI is InChI=1S/C29H38N4O6S/c30-20-6-9-22(10-7-20)40(37)33(17-21-8-13-28(35)31-21)18-25(34)24(16-19-4-2-1-3-5-19)32-29(36)39-27-12-11-26-23(27)14-15-38-26/h1-7,9-10,21,23-27,34H,8,11-18,30H2,(H,31,35)(H,32,36)/t21?,23-,24+,25-,26-,27+,40?/m1/s1. The first kappa shape index (κ1) is 28.5. The van der Waals surface area contributed by atoms with Gasteiger partial charge < -0.3 is 30.9 Å². The predicted molar refractivity (Wildman–Crippen MR) is 150 cm³/mol. The molecular weight excluding hydrogens is 532 g/mol. The number of benzene rings is 2. The zero-order chi connectivity index (χ0) is 28.1. The van der Waals surface area contributed by atoms with Gasteiger partial charge in [0, 0.05) is 43.8 Å². The molecule has 10 nitrogen and oxygen atoms in total. The smallest absolute Gasteiger partial charge is 0.407 e. The van der Waals surface area contributed by atoms with Gasteiger partial charge in [-0.2, -0.15) is 0 Å². The average molecular weight is 571 g/mol. The first-order valence-corrected chi connectivity index (χ1v) is 15.1. The highest BCUT2D eigenvalue weighted by molar-refractivity contribution is 7.82. The van der Waals surface area contributed by atoms with Crippen molar-refractivity contribution in [2.75, 3.05) is 25.4 Å². The van der Waals surface area contributed by atoms with Crippen molar-refractivity contribution in [3.05, 3.63) is 60.2 Å². The molecular formula is C29H38N4O6S. The number of aliphatic hydroxyl groups excluding tert-OH is 1. The van der Waals surface area contributed by atoms with Gasteiger partial charge in [-0.05, 0) is 61.9 Å². The molecule has 2 aromatic carbocycles. The van der Waals surface area contributed by atoms with Crippen LogP contribution in [0.15, 0.2) is 59.5 Å². The Labute approximate surface area is 237 Å². The minimum Gasteiger partial charge on any atom is -0.446 e. The van der Waals surface area contributed by atoms with Crippen molar-refractivity contribution in [2.24, 2.45) is 5.92 Å². The molecule has 3 fully saturated rings. The first-order valence-electron chi connectivity index (χ1n) is 14.0. The molecule has 11 heteroatoms. The molecule has 0 spiro atoms. The molecule has 216 valence electrons. The van der Waals surface area contributed by atoms with Gasteiger partial charge in [-0.1, -0.05) is 30.3 Å². The number of amides is 2. The molecule has 1 aliphatic carbocycles. The maximum Gasteiger partial charge on any atom is 0.407 e. The van der Waals surface area contributed by atoms with Crippen LogP contribution < -0.4 is 16.4 Å². The Bertz CT molecular complexity index is 1180. The van der Waals surface area contributed by atoms with E-state index in [1.54, 1.807) is 28.6 Å². The van der Waals surface area contributed by atoms with Crippen LogP contribution in [-0.4, -0.2) is 75.7 Å². The Morgan fingerprint density at radius 3 is 2.65 bits per heavy atom. The summed E-state index contributed by atoms with van der Waals surface area (Å²) in [6.07, 6.45) is 2.20. The van der Waals surface area contributed by atoms with Gasteiger partial charge in [-0.25, -0.2) is 13.3 Å². The van der Waals surface area contributed by atoms with E-state index in [9.17, 15) is 18.9 Å². The SMILES string of the molecule is Nc1ccc(S(=O)N(CC2CCC(=O)N2)C[C@@H](O)[C@H](Cc2ccccc2)NC(=O)O[C@H]2CC[C@H]3OCC[C@@H]23)cc1. The summed E-state index contributed by atoms with van der Waals surface area (Å²) in [5.74, 6) is 0.166. The number of ether oxygens (including phenoxy) is 2. The third-order valence-electron chi connectivity index (χ3n) is 8.01. The van der Waals surface area contributed by atoms with E-state index in [1.165, 1.54) is 0 Å². The van der Waals surface area contributed by atoms with E-state index in [-0.39, 0.29) is 43.2 Å². The van der Waals surface area contributed by atoms with Crippen LogP contribution in [0, 0.1) is 5.92 Å². The van der Waals surface area contributed by atoms with Crippen LogP contribution in [-0.2, 0) is 31.7 Å². The van der Waals surface area contributed by atoms with Crippen LogP contribution in [0.5, 0.6) is 0 Å². The number of nitrogen functional groups attached to an aromatic ring is 1. The van der Waals surface area contributed by atoms with Gasteiger partial charge in [0.15, 0.2) is 0 Å². The van der Waals surface area contributed by atoms with Crippen molar-refractivity contribution in [2.45, 2.75) is 73.8 Å². The molecule has 3 aliphatic rings. The lowest BCUT2D eigenvalue weighted by molar-refractivity contribution is -0.119. The summed E-state index contributed by atoms with van der Waals surface area (Å²) >= 11 is 0. The number of hydrogen-bond donors (Lipinski definition) is 4. The summed E-state index contributed by atoms with van der Waals surface area (Å²) in [7, 11) is -1.63. The minimum absolute atomic E-state index is 0.00308. The normalized spacial score (nSPS) is 26.2. The van der Waals surface area contributed by atoms with Gasteiger partial charge in [0.25, 0.3) is 0 Å². The second kappa shape index (κ2) is 13.1.